The number of benzene rings is 3. The first-order valence-electron chi connectivity index (χ1n) is 8.60. The molecule has 0 saturated carbocycles. The monoisotopic (exact) mass is 476 g/mol. The Morgan fingerprint density at radius 2 is 1.72 bits per heavy atom. The number of anilines is 2. The van der Waals surface area contributed by atoms with E-state index in [0.29, 0.717) is 10.2 Å². The fraction of sp³-hybridized carbons (Fsp3) is 0.0952. The Morgan fingerprint density at radius 3 is 2.38 bits per heavy atom. The molecule has 0 aliphatic rings. The lowest BCUT2D eigenvalue weighted by atomic mass is 10.2. The van der Waals surface area contributed by atoms with Gasteiger partial charge in [0.25, 0.3) is 15.9 Å². The van der Waals surface area contributed by atoms with E-state index in [1.165, 1.54) is 43.4 Å². The van der Waals surface area contributed by atoms with E-state index in [1.54, 1.807) is 18.2 Å². The molecule has 1 amide bonds. The van der Waals surface area contributed by atoms with Gasteiger partial charge in [-0.05, 0) is 55.5 Å². The smallest absolute Gasteiger partial charge is 0.264 e. The third-order valence-electron chi connectivity index (χ3n) is 4.33. The van der Waals surface area contributed by atoms with Crippen molar-refractivity contribution in [1.29, 1.82) is 0 Å². The Balaban J connectivity index is 1.87. The van der Waals surface area contributed by atoms with Gasteiger partial charge in [0.05, 0.1) is 16.3 Å². The molecule has 5 nitrogen and oxygen atoms in total. The molecule has 0 bridgehead atoms. The van der Waals surface area contributed by atoms with Crippen molar-refractivity contribution in [2.24, 2.45) is 0 Å². The van der Waals surface area contributed by atoms with Crippen LogP contribution in [0.4, 0.5) is 15.8 Å². The van der Waals surface area contributed by atoms with Crippen LogP contribution in [0.15, 0.2) is 76.1 Å². The van der Waals surface area contributed by atoms with E-state index >= 15 is 0 Å². The molecule has 0 saturated heterocycles. The Labute approximate surface area is 177 Å². The number of aryl methyl sites for hydroxylation is 1. The number of halogens is 2. The molecule has 1 N–H and O–H groups in total. The number of amides is 1. The van der Waals surface area contributed by atoms with E-state index < -0.39 is 21.7 Å². The summed E-state index contributed by atoms with van der Waals surface area (Å²) < 4.78 is 41.6. The van der Waals surface area contributed by atoms with Crippen LogP contribution in [0.3, 0.4) is 0 Å². The van der Waals surface area contributed by atoms with Gasteiger partial charge in [-0.25, -0.2) is 12.8 Å². The van der Waals surface area contributed by atoms with Crippen LogP contribution < -0.4 is 9.62 Å². The van der Waals surface area contributed by atoms with Crippen LogP contribution >= 0.6 is 15.9 Å². The first-order valence-corrected chi connectivity index (χ1v) is 10.8. The second-order valence-corrected chi connectivity index (χ2v) is 9.30. The van der Waals surface area contributed by atoms with Crippen LogP contribution in [-0.2, 0) is 10.0 Å². The summed E-state index contributed by atoms with van der Waals surface area (Å²) in [6.45, 7) is 1.91. The van der Waals surface area contributed by atoms with Gasteiger partial charge in [0.15, 0.2) is 0 Å². The van der Waals surface area contributed by atoms with E-state index in [4.69, 9.17) is 0 Å². The highest BCUT2D eigenvalue weighted by atomic mass is 79.9. The Bertz CT molecular complexity index is 1160. The van der Waals surface area contributed by atoms with E-state index in [0.717, 1.165) is 9.87 Å². The SMILES string of the molecule is Cc1ccc(N(C)S(=O)(=O)c2cccc(C(=O)Nc3ccc(Br)cc3F)c2)cc1. The molecule has 8 heteroatoms. The average Bonchev–Trinajstić information content (AvgIpc) is 2.70. The number of nitrogens with zero attached hydrogens (tertiary/aromatic N) is 1. The van der Waals surface area contributed by atoms with Gasteiger partial charge in [-0.2, -0.15) is 0 Å². The molecule has 29 heavy (non-hydrogen) atoms. The molecular formula is C21H18BrFN2O3S. The minimum Gasteiger partial charge on any atom is -0.319 e. The molecule has 0 unspecified atom stereocenters. The predicted octanol–water partition coefficient (Wildman–Crippen LogP) is 4.97. The molecule has 150 valence electrons. The predicted molar refractivity (Wildman–Crippen MR) is 115 cm³/mol. The zero-order chi connectivity index (χ0) is 21.2. The van der Waals surface area contributed by atoms with Crippen molar-refractivity contribution in [3.63, 3.8) is 0 Å². The summed E-state index contributed by atoms with van der Waals surface area (Å²) in [5.74, 6) is -1.21. The second-order valence-electron chi connectivity index (χ2n) is 6.41. The van der Waals surface area contributed by atoms with Gasteiger partial charge in [-0.3, -0.25) is 9.10 Å². The van der Waals surface area contributed by atoms with Crippen LogP contribution in [0, 0.1) is 12.7 Å². The van der Waals surface area contributed by atoms with E-state index in [1.807, 2.05) is 19.1 Å². The topological polar surface area (TPSA) is 66.5 Å². The zero-order valence-corrected chi connectivity index (χ0v) is 18.1. The van der Waals surface area contributed by atoms with Crippen LogP contribution in [0.2, 0.25) is 0 Å². The van der Waals surface area contributed by atoms with E-state index in [2.05, 4.69) is 21.2 Å². The van der Waals surface area contributed by atoms with Crippen LogP contribution in [0.25, 0.3) is 0 Å². The van der Waals surface area contributed by atoms with Gasteiger partial charge in [0, 0.05) is 17.1 Å². The second kappa shape index (κ2) is 8.34. The van der Waals surface area contributed by atoms with Gasteiger partial charge in [0.1, 0.15) is 5.82 Å². The average molecular weight is 477 g/mol. The summed E-state index contributed by atoms with van der Waals surface area (Å²) in [5.41, 5.74) is 1.62. The zero-order valence-electron chi connectivity index (χ0n) is 15.7. The number of sulfonamides is 1. The van der Waals surface area contributed by atoms with Gasteiger partial charge in [0.2, 0.25) is 0 Å². The first-order chi connectivity index (χ1) is 13.7. The lowest BCUT2D eigenvalue weighted by Gasteiger charge is -2.20. The maximum absolute atomic E-state index is 14.0. The maximum Gasteiger partial charge on any atom is 0.264 e. The lowest BCUT2D eigenvalue weighted by Crippen LogP contribution is -2.26. The number of nitrogens with one attached hydrogen (secondary N) is 1. The lowest BCUT2D eigenvalue weighted by molar-refractivity contribution is 0.102. The number of rotatable bonds is 5. The van der Waals surface area contributed by atoms with Crippen molar-refractivity contribution in [2.75, 3.05) is 16.7 Å². The molecule has 3 aromatic carbocycles. The molecule has 0 fully saturated rings. The van der Waals surface area contributed by atoms with Crippen molar-refractivity contribution in [1.82, 2.24) is 0 Å². The largest absolute Gasteiger partial charge is 0.319 e. The fourth-order valence-electron chi connectivity index (χ4n) is 2.63. The molecule has 3 aromatic rings. The number of carbonyl (C=O) groups is 1. The Morgan fingerprint density at radius 1 is 1.03 bits per heavy atom. The third-order valence-corrected chi connectivity index (χ3v) is 6.61. The van der Waals surface area contributed by atoms with Crippen LogP contribution in [0.1, 0.15) is 15.9 Å². The van der Waals surface area contributed by atoms with E-state index in [-0.39, 0.29) is 16.1 Å². The molecule has 0 radical (unpaired) electrons. The highest BCUT2D eigenvalue weighted by molar-refractivity contribution is 9.10. The summed E-state index contributed by atoms with van der Waals surface area (Å²) >= 11 is 3.15. The highest BCUT2D eigenvalue weighted by Crippen LogP contribution is 2.24. The van der Waals surface area contributed by atoms with Gasteiger partial charge >= 0.3 is 0 Å². The van der Waals surface area contributed by atoms with Gasteiger partial charge in [-0.1, -0.05) is 39.7 Å². The molecule has 0 aromatic heterocycles. The minimum atomic E-state index is -3.87. The van der Waals surface area contributed by atoms with Crippen LogP contribution in [-0.4, -0.2) is 21.4 Å². The highest BCUT2D eigenvalue weighted by Gasteiger charge is 2.22. The Hall–Kier alpha value is -2.71. The number of hydrogen-bond donors (Lipinski definition) is 1. The molecule has 0 heterocycles. The normalized spacial score (nSPS) is 11.2. The van der Waals surface area contributed by atoms with Crippen molar-refractivity contribution in [3.05, 3.63) is 88.1 Å². The number of hydrogen-bond acceptors (Lipinski definition) is 3. The van der Waals surface area contributed by atoms with E-state index in [9.17, 15) is 17.6 Å². The minimum absolute atomic E-state index is 0.00299. The van der Waals surface area contributed by atoms with Crippen molar-refractivity contribution < 1.29 is 17.6 Å². The fourth-order valence-corrected chi connectivity index (χ4v) is 4.21. The molecule has 0 atom stereocenters. The molecule has 0 spiro atoms. The summed E-state index contributed by atoms with van der Waals surface area (Å²) in [7, 11) is -2.43. The molecule has 0 aliphatic carbocycles. The van der Waals surface area contributed by atoms with Crippen LogP contribution in [0.5, 0.6) is 0 Å². The summed E-state index contributed by atoms with van der Waals surface area (Å²) in [5, 5.41) is 2.46. The molecule has 0 aliphatic heterocycles. The molecular weight excluding hydrogens is 459 g/mol. The third kappa shape index (κ3) is 4.65. The first kappa shape index (κ1) is 21.0. The molecule has 3 rings (SSSR count). The van der Waals surface area contributed by atoms with Gasteiger partial charge < -0.3 is 5.32 Å². The standard InChI is InChI=1S/C21H18BrFN2O3S/c1-14-6-9-17(10-7-14)25(2)29(27,28)18-5-3-4-15(12-18)21(26)24-20-11-8-16(22)13-19(20)23/h3-13H,1-2H3,(H,24,26). The van der Waals surface area contributed by atoms with Crippen molar-refractivity contribution in [2.45, 2.75) is 11.8 Å². The summed E-state index contributed by atoms with van der Waals surface area (Å²) in [6.07, 6.45) is 0. The summed E-state index contributed by atoms with van der Waals surface area (Å²) in [4.78, 5) is 12.5. The van der Waals surface area contributed by atoms with Gasteiger partial charge in [-0.15, -0.1) is 0 Å². The summed E-state index contributed by atoms with van der Waals surface area (Å²) in [6, 6.07) is 16.9. The Kier molecular flexibility index (Phi) is 6.04. The van der Waals surface area contributed by atoms with Crippen molar-refractivity contribution in [3.8, 4) is 0 Å². The number of carbonyl (C=O) groups excluding carboxylic acids is 1. The maximum atomic E-state index is 14.0. The quantitative estimate of drug-likeness (QED) is 0.564. The van der Waals surface area contributed by atoms with Crippen molar-refractivity contribution >= 4 is 43.2 Å².